The van der Waals surface area contributed by atoms with Gasteiger partial charge in [-0.25, -0.2) is 0 Å². The first-order chi connectivity index (χ1) is 20.2. The van der Waals surface area contributed by atoms with Crippen molar-refractivity contribution in [2.45, 2.75) is 154 Å². The molecule has 4 aliphatic carbocycles. The van der Waals surface area contributed by atoms with E-state index in [9.17, 15) is 36.1 Å². The topological polar surface area (TPSA) is 54.4 Å². The van der Waals surface area contributed by atoms with Crippen molar-refractivity contribution in [3.05, 3.63) is 0 Å². The minimum absolute atomic E-state index is 0.0390. The Morgan fingerprint density at radius 1 is 0.837 bits per heavy atom. The van der Waals surface area contributed by atoms with Gasteiger partial charge in [0, 0.05) is 41.6 Å². The first kappa shape index (κ1) is 35.3. The molecule has 250 valence electrons. The highest BCUT2D eigenvalue weighted by Gasteiger charge is 2.62. The van der Waals surface area contributed by atoms with Crippen LogP contribution in [0.15, 0.2) is 0 Å². The van der Waals surface area contributed by atoms with Gasteiger partial charge in [0.25, 0.3) is 0 Å². The molecule has 9 atom stereocenters. The Labute approximate surface area is 258 Å². The Morgan fingerprint density at radius 3 is 2.14 bits per heavy atom. The van der Waals surface area contributed by atoms with E-state index in [2.05, 4.69) is 13.8 Å². The molecule has 4 fully saturated rings. The van der Waals surface area contributed by atoms with E-state index in [1.165, 1.54) is 38.5 Å². The number of alkyl halides is 5. The third kappa shape index (κ3) is 8.05. The summed E-state index contributed by atoms with van der Waals surface area (Å²) >= 11 is 0. The summed E-state index contributed by atoms with van der Waals surface area (Å²) in [6, 6.07) is 0. The summed E-state index contributed by atoms with van der Waals surface area (Å²) in [4.78, 5) is 12.4. The number of ketones is 1. The molecule has 9 heteroatoms. The number of unbranched alkanes of at least 4 members (excludes halogenated alkanes) is 7. The van der Waals surface area contributed by atoms with Gasteiger partial charge in [-0.15, -0.1) is 0 Å². The number of carbonyl (C=O) groups excluding carboxylic acids is 1. The van der Waals surface area contributed by atoms with Crippen LogP contribution in [0.2, 0.25) is 0 Å². The predicted octanol–water partition coefficient (Wildman–Crippen LogP) is 9.42. The molecule has 0 heterocycles. The van der Waals surface area contributed by atoms with Gasteiger partial charge >= 0.3 is 12.1 Å². The molecule has 43 heavy (non-hydrogen) atoms. The van der Waals surface area contributed by atoms with Crippen LogP contribution in [-0.4, -0.2) is 44.8 Å². The van der Waals surface area contributed by atoms with Crippen LogP contribution in [-0.2, 0) is 15.6 Å². The Kier molecular flexibility index (Phi) is 11.9. The number of aliphatic hydroxyl groups excluding tert-OH is 1. The highest BCUT2D eigenvalue weighted by molar-refractivity contribution is 7.84. The van der Waals surface area contributed by atoms with Crippen molar-refractivity contribution >= 4 is 16.6 Å². The van der Waals surface area contributed by atoms with E-state index in [0.29, 0.717) is 47.5 Å². The summed E-state index contributed by atoms with van der Waals surface area (Å²) in [6.45, 7) is 4.86. The Balaban J connectivity index is 1.14. The number of fused-ring (bicyclic) bond motifs is 5. The van der Waals surface area contributed by atoms with Crippen molar-refractivity contribution in [1.82, 2.24) is 0 Å². The summed E-state index contributed by atoms with van der Waals surface area (Å²) < 4.78 is 74.6. The third-order valence-corrected chi connectivity index (χ3v) is 14.0. The van der Waals surface area contributed by atoms with Gasteiger partial charge in [0.15, 0.2) is 0 Å². The van der Waals surface area contributed by atoms with Crippen LogP contribution < -0.4 is 0 Å². The second-order valence-corrected chi connectivity index (χ2v) is 16.8. The highest BCUT2D eigenvalue weighted by atomic mass is 32.2. The Bertz CT molecular complexity index is 957. The lowest BCUT2D eigenvalue weighted by Crippen LogP contribution is -2.57. The monoisotopic (exact) mass is 638 g/mol. The van der Waals surface area contributed by atoms with Crippen LogP contribution in [0.5, 0.6) is 0 Å². The van der Waals surface area contributed by atoms with Crippen molar-refractivity contribution in [3.63, 3.8) is 0 Å². The van der Waals surface area contributed by atoms with Crippen LogP contribution in [0, 0.1) is 40.4 Å². The summed E-state index contributed by atoms with van der Waals surface area (Å²) in [7, 11) is -1.35. The van der Waals surface area contributed by atoms with Crippen LogP contribution in [0.3, 0.4) is 0 Å². The molecule has 0 aromatic carbocycles. The number of Topliss-reactive ketones (excluding diaryl/α,β-unsaturated/α-hetero) is 1. The molecule has 4 aliphatic rings. The predicted molar refractivity (Wildman–Crippen MR) is 161 cm³/mol. The van der Waals surface area contributed by atoms with Gasteiger partial charge in [0.2, 0.25) is 0 Å². The largest absolute Gasteiger partial charge is 0.453 e. The minimum Gasteiger partial charge on any atom is -0.393 e. The van der Waals surface area contributed by atoms with Crippen molar-refractivity contribution in [1.29, 1.82) is 0 Å². The molecule has 0 radical (unpaired) electrons. The molecule has 0 bridgehead atoms. The summed E-state index contributed by atoms with van der Waals surface area (Å²) in [6.07, 6.45) is 10.4. The molecular weight excluding hydrogens is 583 g/mol. The van der Waals surface area contributed by atoms with Crippen molar-refractivity contribution < 1.29 is 36.1 Å². The standard InChI is InChI=1S/C34H55F5O3S/c1-31-19-17-26(40)22-25(31)13-14-27-28-15-16-29(41)32(28,2)23-24(30(27)31)12-9-7-5-3-4-6-8-10-20-43(42)21-11-18-33(35,36)34(37,38)39/h24-25,27-30,41H,3-23H2,1-2H3/t24?,25?,27-,28-,29?,30+,31-,32-,43?/m0/s1. The van der Waals surface area contributed by atoms with Gasteiger partial charge in [-0.1, -0.05) is 65.2 Å². The van der Waals surface area contributed by atoms with Gasteiger partial charge in [-0.05, 0) is 91.8 Å². The van der Waals surface area contributed by atoms with Crippen molar-refractivity contribution in [3.8, 4) is 0 Å². The fourth-order valence-electron chi connectivity index (χ4n) is 10.1. The van der Waals surface area contributed by atoms with Crippen LogP contribution in [0.4, 0.5) is 22.0 Å². The molecule has 0 aromatic heterocycles. The molecule has 4 saturated carbocycles. The van der Waals surface area contributed by atoms with Crippen molar-refractivity contribution in [2.24, 2.45) is 40.4 Å². The molecule has 4 rings (SSSR count). The lowest BCUT2D eigenvalue weighted by atomic mass is 9.42. The molecule has 4 unspecified atom stereocenters. The summed E-state index contributed by atoms with van der Waals surface area (Å²) in [5, 5.41) is 11.1. The maximum absolute atomic E-state index is 13.0. The second-order valence-electron chi connectivity index (χ2n) is 15.2. The van der Waals surface area contributed by atoms with Crippen LogP contribution in [0.25, 0.3) is 0 Å². The highest BCUT2D eigenvalue weighted by Crippen LogP contribution is 2.68. The third-order valence-electron chi connectivity index (χ3n) is 12.5. The van der Waals surface area contributed by atoms with Gasteiger partial charge in [-0.2, -0.15) is 22.0 Å². The van der Waals surface area contributed by atoms with Gasteiger partial charge in [-0.3, -0.25) is 9.00 Å². The normalized spacial score (nSPS) is 37.1. The number of halogens is 5. The number of rotatable bonds is 15. The smallest absolute Gasteiger partial charge is 0.393 e. The number of hydrogen-bond acceptors (Lipinski definition) is 3. The second kappa shape index (κ2) is 14.5. The van der Waals surface area contributed by atoms with Crippen LogP contribution in [0.1, 0.15) is 136 Å². The Morgan fingerprint density at radius 2 is 1.47 bits per heavy atom. The van der Waals surface area contributed by atoms with E-state index < -0.39 is 29.3 Å². The quantitative estimate of drug-likeness (QED) is 0.144. The zero-order chi connectivity index (χ0) is 31.5. The van der Waals surface area contributed by atoms with E-state index in [1.54, 1.807) is 0 Å². The first-order valence-corrected chi connectivity index (χ1v) is 18.7. The van der Waals surface area contributed by atoms with Gasteiger partial charge in [0.1, 0.15) is 5.78 Å². The molecule has 0 saturated heterocycles. The lowest BCUT2D eigenvalue weighted by molar-refractivity contribution is -0.284. The number of carbonyl (C=O) groups is 1. The average molecular weight is 639 g/mol. The minimum atomic E-state index is -5.54. The molecule has 0 aliphatic heterocycles. The number of aliphatic hydroxyl groups is 1. The number of hydrogen-bond donors (Lipinski definition) is 1. The van der Waals surface area contributed by atoms with Crippen molar-refractivity contribution in [2.75, 3.05) is 11.5 Å². The van der Waals surface area contributed by atoms with E-state index in [1.807, 2.05) is 0 Å². The molecule has 1 N–H and O–H groups in total. The Hall–Kier alpha value is -0.570. The average Bonchev–Trinajstić information content (AvgIpc) is 3.22. The fraction of sp³-hybridized carbons (Fsp3) is 0.971. The van der Waals surface area contributed by atoms with Gasteiger partial charge in [0.05, 0.1) is 6.10 Å². The first-order valence-electron chi connectivity index (χ1n) is 17.2. The zero-order valence-electron chi connectivity index (χ0n) is 26.4. The summed E-state index contributed by atoms with van der Waals surface area (Å²) in [5.41, 5.74) is 0.297. The van der Waals surface area contributed by atoms with E-state index in [0.717, 1.165) is 64.2 Å². The molecular formula is C34H55F5O3S. The molecule has 0 aromatic rings. The SMILES string of the molecule is C[C@]12CCC(=O)CC1CC[C@@H]1[C@H]2C(CCCCCCCCCCS(=O)CCCC(F)(F)C(F)(F)F)C[C@]2(C)C(O)CC[C@@H]12. The van der Waals surface area contributed by atoms with E-state index in [4.69, 9.17) is 0 Å². The lowest BCUT2D eigenvalue weighted by Gasteiger charge is -2.62. The van der Waals surface area contributed by atoms with E-state index in [-0.39, 0.29) is 29.1 Å². The zero-order valence-corrected chi connectivity index (χ0v) is 27.2. The molecule has 0 amide bonds. The molecule has 3 nitrogen and oxygen atoms in total. The molecule has 0 spiro atoms. The van der Waals surface area contributed by atoms with E-state index >= 15 is 0 Å². The fourth-order valence-corrected chi connectivity index (χ4v) is 11.3. The maximum atomic E-state index is 13.0. The van der Waals surface area contributed by atoms with Gasteiger partial charge < -0.3 is 5.11 Å². The maximum Gasteiger partial charge on any atom is 0.453 e. The summed E-state index contributed by atoms with van der Waals surface area (Å²) in [5.74, 6) is -0.853. The van der Waals surface area contributed by atoms with Crippen LogP contribution >= 0.6 is 0 Å².